The Morgan fingerprint density at radius 3 is 2.68 bits per heavy atom. The summed E-state index contributed by atoms with van der Waals surface area (Å²) in [7, 11) is 1.55. The highest BCUT2D eigenvalue weighted by atomic mass is 16.5. The summed E-state index contributed by atoms with van der Waals surface area (Å²) in [6.45, 7) is 6.18. The van der Waals surface area contributed by atoms with E-state index in [9.17, 15) is 9.90 Å². The summed E-state index contributed by atoms with van der Waals surface area (Å²) in [5.41, 5.74) is 0.849. The summed E-state index contributed by atoms with van der Waals surface area (Å²) < 4.78 is 10.9. The van der Waals surface area contributed by atoms with Gasteiger partial charge in [-0.05, 0) is 30.7 Å². The SMILES string of the molecule is COc1cc(/C=C/C(C)=O)ccc1OCC(O)CNC(C)C. The number of benzene rings is 1. The van der Waals surface area contributed by atoms with Crippen molar-refractivity contribution in [2.24, 2.45) is 0 Å². The number of carbonyl (C=O) groups is 1. The van der Waals surface area contributed by atoms with Crippen LogP contribution in [0.1, 0.15) is 26.3 Å². The molecule has 0 saturated heterocycles. The summed E-state index contributed by atoms with van der Waals surface area (Å²) in [6, 6.07) is 5.70. The highest BCUT2D eigenvalue weighted by Gasteiger charge is 2.09. The van der Waals surface area contributed by atoms with Crippen molar-refractivity contribution in [1.82, 2.24) is 5.32 Å². The van der Waals surface area contributed by atoms with Crippen molar-refractivity contribution >= 4 is 11.9 Å². The Balaban J connectivity index is 2.65. The Hall–Kier alpha value is -1.85. The van der Waals surface area contributed by atoms with Crippen molar-refractivity contribution in [2.45, 2.75) is 32.9 Å². The Kier molecular flexibility index (Phi) is 7.63. The molecule has 0 aliphatic rings. The van der Waals surface area contributed by atoms with Crippen LogP contribution >= 0.6 is 0 Å². The molecule has 0 amide bonds. The molecule has 0 bridgehead atoms. The topological polar surface area (TPSA) is 67.8 Å². The van der Waals surface area contributed by atoms with Crippen LogP contribution in [0.5, 0.6) is 11.5 Å². The van der Waals surface area contributed by atoms with Gasteiger partial charge in [0.1, 0.15) is 12.7 Å². The van der Waals surface area contributed by atoms with Gasteiger partial charge >= 0.3 is 0 Å². The minimum atomic E-state index is -0.593. The minimum absolute atomic E-state index is 0.0138. The van der Waals surface area contributed by atoms with E-state index in [1.807, 2.05) is 19.9 Å². The molecule has 5 heteroatoms. The monoisotopic (exact) mass is 307 g/mol. The number of nitrogens with one attached hydrogen (secondary N) is 1. The summed E-state index contributed by atoms with van der Waals surface area (Å²) in [4.78, 5) is 10.9. The number of carbonyl (C=O) groups excluding carboxylic acids is 1. The van der Waals surface area contributed by atoms with Crippen LogP contribution in [0.4, 0.5) is 0 Å². The van der Waals surface area contributed by atoms with Gasteiger partial charge in [0, 0.05) is 12.6 Å². The van der Waals surface area contributed by atoms with Crippen molar-refractivity contribution in [3.05, 3.63) is 29.8 Å². The van der Waals surface area contributed by atoms with Crippen LogP contribution in [0.2, 0.25) is 0 Å². The number of aliphatic hydroxyl groups is 1. The number of methoxy groups -OCH3 is 1. The second-order valence-corrected chi connectivity index (χ2v) is 5.38. The van der Waals surface area contributed by atoms with Gasteiger partial charge in [0.15, 0.2) is 17.3 Å². The average Bonchev–Trinajstić information content (AvgIpc) is 2.48. The molecule has 0 aromatic heterocycles. The second kappa shape index (κ2) is 9.23. The molecule has 1 atom stereocenters. The Labute approximate surface area is 131 Å². The second-order valence-electron chi connectivity index (χ2n) is 5.38. The van der Waals surface area contributed by atoms with Gasteiger partial charge in [-0.15, -0.1) is 0 Å². The molecule has 0 radical (unpaired) electrons. The standard InChI is InChI=1S/C17H25NO4/c1-12(2)18-10-15(20)11-22-16-8-7-14(6-5-13(3)19)9-17(16)21-4/h5-9,12,15,18,20H,10-11H2,1-4H3/b6-5+. The van der Waals surface area contributed by atoms with Crippen molar-refractivity contribution in [2.75, 3.05) is 20.3 Å². The van der Waals surface area contributed by atoms with Gasteiger partial charge in [-0.3, -0.25) is 4.79 Å². The quantitative estimate of drug-likeness (QED) is 0.683. The normalized spacial score (nSPS) is 12.6. The smallest absolute Gasteiger partial charge is 0.161 e. The first kappa shape index (κ1) is 18.2. The Bertz CT molecular complexity index is 511. The van der Waals surface area contributed by atoms with E-state index in [0.717, 1.165) is 5.56 Å². The fraction of sp³-hybridized carbons (Fsp3) is 0.471. The van der Waals surface area contributed by atoms with E-state index < -0.39 is 6.10 Å². The maximum Gasteiger partial charge on any atom is 0.161 e. The third-order valence-electron chi connectivity index (χ3n) is 2.89. The fourth-order valence-corrected chi connectivity index (χ4v) is 1.74. The van der Waals surface area contributed by atoms with Crippen LogP contribution in [-0.2, 0) is 4.79 Å². The molecule has 0 aliphatic carbocycles. The van der Waals surface area contributed by atoms with E-state index in [2.05, 4.69) is 5.32 Å². The number of hydrogen-bond acceptors (Lipinski definition) is 5. The zero-order chi connectivity index (χ0) is 16.5. The molecule has 1 rings (SSSR count). The van der Waals surface area contributed by atoms with Gasteiger partial charge < -0.3 is 19.9 Å². The van der Waals surface area contributed by atoms with Gasteiger partial charge in [0.25, 0.3) is 0 Å². The molecule has 0 heterocycles. The lowest BCUT2D eigenvalue weighted by Crippen LogP contribution is -2.35. The van der Waals surface area contributed by atoms with E-state index in [4.69, 9.17) is 9.47 Å². The lowest BCUT2D eigenvalue weighted by molar-refractivity contribution is -0.112. The van der Waals surface area contributed by atoms with Crippen molar-refractivity contribution in [1.29, 1.82) is 0 Å². The minimum Gasteiger partial charge on any atom is -0.493 e. The van der Waals surface area contributed by atoms with Gasteiger partial charge in [0.2, 0.25) is 0 Å². The third kappa shape index (κ3) is 6.74. The average molecular weight is 307 g/mol. The zero-order valence-corrected chi connectivity index (χ0v) is 13.6. The molecule has 0 fully saturated rings. The summed E-state index contributed by atoms with van der Waals surface area (Å²) in [6.07, 6.45) is 2.62. The zero-order valence-electron chi connectivity index (χ0n) is 13.6. The van der Waals surface area contributed by atoms with Crippen molar-refractivity contribution in [3.63, 3.8) is 0 Å². The summed E-state index contributed by atoms with van der Waals surface area (Å²) in [5.74, 6) is 1.11. The lowest BCUT2D eigenvalue weighted by atomic mass is 10.1. The van der Waals surface area contributed by atoms with Gasteiger partial charge in [0.05, 0.1) is 7.11 Å². The maximum atomic E-state index is 10.9. The van der Waals surface area contributed by atoms with E-state index in [1.165, 1.54) is 13.0 Å². The Morgan fingerprint density at radius 2 is 2.09 bits per heavy atom. The molecule has 1 aromatic rings. The molecular formula is C17H25NO4. The first-order valence-electron chi connectivity index (χ1n) is 7.33. The fourth-order valence-electron chi connectivity index (χ4n) is 1.74. The first-order valence-corrected chi connectivity index (χ1v) is 7.33. The van der Waals surface area contributed by atoms with Gasteiger partial charge in [-0.25, -0.2) is 0 Å². The number of ketones is 1. The number of ether oxygens (including phenoxy) is 2. The van der Waals surface area contributed by atoms with Gasteiger partial charge in [-0.1, -0.05) is 26.0 Å². The predicted molar refractivity (Wildman–Crippen MR) is 87.3 cm³/mol. The molecule has 22 heavy (non-hydrogen) atoms. The molecule has 2 N–H and O–H groups in total. The van der Waals surface area contributed by atoms with Crippen LogP contribution in [0.25, 0.3) is 6.08 Å². The van der Waals surface area contributed by atoms with E-state index in [0.29, 0.717) is 24.1 Å². The highest BCUT2D eigenvalue weighted by Crippen LogP contribution is 2.28. The maximum absolute atomic E-state index is 10.9. The van der Waals surface area contributed by atoms with Crippen LogP contribution in [0, 0.1) is 0 Å². The molecule has 5 nitrogen and oxygen atoms in total. The van der Waals surface area contributed by atoms with E-state index >= 15 is 0 Å². The van der Waals surface area contributed by atoms with Crippen molar-refractivity contribution in [3.8, 4) is 11.5 Å². The number of hydrogen-bond donors (Lipinski definition) is 2. The van der Waals surface area contributed by atoms with Crippen molar-refractivity contribution < 1.29 is 19.4 Å². The van der Waals surface area contributed by atoms with Crippen LogP contribution in [0.3, 0.4) is 0 Å². The predicted octanol–water partition coefficient (Wildman–Crippen LogP) is 2.04. The molecule has 0 saturated carbocycles. The van der Waals surface area contributed by atoms with Crippen LogP contribution in [-0.4, -0.2) is 43.3 Å². The molecular weight excluding hydrogens is 282 g/mol. The summed E-state index contributed by atoms with van der Waals surface area (Å²) in [5, 5.41) is 13.0. The molecule has 1 unspecified atom stereocenters. The third-order valence-corrected chi connectivity index (χ3v) is 2.89. The van der Waals surface area contributed by atoms with Crippen LogP contribution < -0.4 is 14.8 Å². The number of rotatable bonds is 9. The number of allylic oxidation sites excluding steroid dienone is 1. The molecule has 1 aromatic carbocycles. The molecule has 122 valence electrons. The Morgan fingerprint density at radius 1 is 1.36 bits per heavy atom. The largest absolute Gasteiger partial charge is 0.493 e. The molecule has 0 spiro atoms. The summed E-state index contributed by atoms with van der Waals surface area (Å²) >= 11 is 0. The highest BCUT2D eigenvalue weighted by molar-refractivity contribution is 5.91. The van der Waals surface area contributed by atoms with E-state index in [-0.39, 0.29) is 12.4 Å². The lowest BCUT2D eigenvalue weighted by Gasteiger charge is -2.16. The number of aliphatic hydroxyl groups excluding tert-OH is 1. The molecule has 0 aliphatic heterocycles. The first-order chi connectivity index (χ1) is 10.4. The van der Waals surface area contributed by atoms with Gasteiger partial charge in [-0.2, -0.15) is 0 Å². The van der Waals surface area contributed by atoms with Crippen LogP contribution in [0.15, 0.2) is 24.3 Å². The van der Waals surface area contributed by atoms with E-state index in [1.54, 1.807) is 25.3 Å².